The summed E-state index contributed by atoms with van der Waals surface area (Å²) in [6.45, 7) is 5.75. The molecule has 1 unspecified atom stereocenters. The molecule has 0 aromatic carbocycles. The van der Waals surface area contributed by atoms with Crippen LogP contribution in [0.4, 0.5) is 4.79 Å². The van der Waals surface area contributed by atoms with Crippen LogP contribution in [-0.4, -0.2) is 42.6 Å². The highest BCUT2D eigenvalue weighted by Gasteiger charge is 2.22. The second-order valence-corrected chi connectivity index (χ2v) is 5.56. The first-order valence-corrected chi connectivity index (χ1v) is 6.11. The van der Waals surface area contributed by atoms with E-state index in [9.17, 15) is 14.4 Å². The molecule has 0 saturated heterocycles. The third-order valence-corrected chi connectivity index (χ3v) is 2.30. The van der Waals surface area contributed by atoms with E-state index in [1.54, 1.807) is 0 Å². The normalized spacial score (nSPS) is 12.4. The van der Waals surface area contributed by atoms with Gasteiger partial charge in [-0.25, -0.2) is 4.79 Å². The SMILES string of the molecule is CNC(=O)CNC(=O)NC(CC(=O)O)CC(C)(C)C. The molecule has 0 aromatic heterocycles. The third-order valence-electron chi connectivity index (χ3n) is 2.30. The minimum Gasteiger partial charge on any atom is -0.481 e. The fourth-order valence-electron chi connectivity index (χ4n) is 1.61. The van der Waals surface area contributed by atoms with E-state index in [1.165, 1.54) is 7.05 Å². The molecule has 0 rings (SSSR count). The van der Waals surface area contributed by atoms with Crippen molar-refractivity contribution in [2.24, 2.45) is 5.41 Å². The van der Waals surface area contributed by atoms with Crippen LogP contribution in [-0.2, 0) is 9.59 Å². The van der Waals surface area contributed by atoms with Crippen LogP contribution in [0.25, 0.3) is 0 Å². The molecule has 0 radical (unpaired) electrons. The van der Waals surface area contributed by atoms with E-state index >= 15 is 0 Å². The summed E-state index contributed by atoms with van der Waals surface area (Å²) in [6.07, 6.45) is 0.386. The Labute approximate surface area is 113 Å². The van der Waals surface area contributed by atoms with Crippen molar-refractivity contribution in [3.63, 3.8) is 0 Å². The van der Waals surface area contributed by atoms with Crippen LogP contribution in [0.1, 0.15) is 33.6 Å². The average molecular weight is 273 g/mol. The summed E-state index contributed by atoms with van der Waals surface area (Å²) in [7, 11) is 1.47. The summed E-state index contributed by atoms with van der Waals surface area (Å²) in [4.78, 5) is 33.3. The zero-order valence-corrected chi connectivity index (χ0v) is 11.9. The van der Waals surface area contributed by atoms with Crippen molar-refractivity contribution >= 4 is 17.9 Å². The summed E-state index contributed by atoms with van der Waals surface area (Å²) in [5.41, 5.74) is -0.103. The van der Waals surface area contributed by atoms with Crippen LogP contribution < -0.4 is 16.0 Å². The lowest BCUT2D eigenvalue weighted by Gasteiger charge is -2.25. The first kappa shape index (κ1) is 17.2. The molecule has 1 atom stereocenters. The lowest BCUT2D eigenvalue weighted by molar-refractivity contribution is -0.137. The first-order valence-electron chi connectivity index (χ1n) is 6.11. The van der Waals surface area contributed by atoms with Crippen molar-refractivity contribution in [2.45, 2.75) is 39.7 Å². The Morgan fingerprint density at radius 2 is 1.79 bits per heavy atom. The minimum absolute atomic E-state index is 0.103. The topological polar surface area (TPSA) is 108 Å². The lowest BCUT2D eigenvalue weighted by atomic mass is 9.87. The van der Waals surface area contributed by atoms with E-state index in [1.807, 2.05) is 20.8 Å². The van der Waals surface area contributed by atoms with Gasteiger partial charge in [0, 0.05) is 13.1 Å². The number of amides is 3. The van der Waals surface area contributed by atoms with Gasteiger partial charge < -0.3 is 21.1 Å². The van der Waals surface area contributed by atoms with Crippen molar-refractivity contribution in [3.8, 4) is 0 Å². The second-order valence-electron chi connectivity index (χ2n) is 5.56. The number of carboxylic acid groups (broad SMARTS) is 1. The van der Waals surface area contributed by atoms with Crippen LogP contribution in [0.3, 0.4) is 0 Å². The molecule has 4 N–H and O–H groups in total. The molecule has 0 aliphatic heterocycles. The maximum Gasteiger partial charge on any atom is 0.315 e. The highest BCUT2D eigenvalue weighted by atomic mass is 16.4. The van der Waals surface area contributed by atoms with Crippen molar-refractivity contribution < 1.29 is 19.5 Å². The highest BCUT2D eigenvalue weighted by molar-refractivity contribution is 5.84. The molecule has 0 bridgehead atoms. The van der Waals surface area contributed by atoms with Crippen LogP contribution in [0, 0.1) is 5.41 Å². The summed E-state index contributed by atoms with van der Waals surface area (Å²) in [5, 5.41) is 16.1. The molecular weight excluding hydrogens is 250 g/mol. The Morgan fingerprint density at radius 1 is 1.21 bits per heavy atom. The maximum absolute atomic E-state index is 11.5. The first-order chi connectivity index (χ1) is 8.64. The fraction of sp³-hybridized carbons (Fsp3) is 0.750. The van der Waals surface area contributed by atoms with Crippen LogP contribution in [0.15, 0.2) is 0 Å². The number of likely N-dealkylation sites (N-methyl/N-ethyl adjacent to an activating group) is 1. The number of carboxylic acids is 1. The number of hydrogen-bond acceptors (Lipinski definition) is 3. The van der Waals surface area contributed by atoms with E-state index < -0.39 is 18.0 Å². The van der Waals surface area contributed by atoms with Crippen molar-refractivity contribution in [3.05, 3.63) is 0 Å². The zero-order chi connectivity index (χ0) is 15.1. The molecule has 0 fully saturated rings. The molecule has 110 valence electrons. The standard InChI is InChI=1S/C12H23N3O4/c1-12(2,3)6-8(5-10(17)18)15-11(19)14-7-9(16)13-4/h8H,5-7H2,1-4H3,(H,13,16)(H,17,18)(H2,14,15,19). The van der Waals surface area contributed by atoms with Gasteiger partial charge in [0.1, 0.15) is 0 Å². The predicted molar refractivity (Wildman–Crippen MR) is 70.7 cm³/mol. The molecule has 0 aromatic rings. The predicted octanol–water partition coefficient (Wildman–Crippen LogP) is 0.311. The smallest absolute Gasteiger partial charge is 0.315 e. The van der Waals surface area contributed by atoms with E-state index in [2.05, 4.69) is 16.0 Å². The number of nitrogens with one attached hydrogen (secondary N) is 3. The summed E-state index contributed by atoms with van der Waals surface area (Å²) < 4.78 is 0. The van der Waals surface area contributed by atoms with Gasteiger partial charge in [0.05, 0.1) is 13.0 Å². The van der Waals surface area contributed by atoms with E-state index in [-0.39, 0.29) is 24.3 Å². The molecule has 7 heteroatoms. The Bertz CT molecular complexity index is 336. The Kier molecular flexibility index (Phi) is 6.89. The van der Waals surface area contributed by atoms with Gasteiger partial charge in [-0.05, 0) is 11.8 Å². The molecule has 0 aliphatic carbocycles. The molecular formula is C12H23N3O4. The molecule has 0 heterocycles. The monoisotopic (exact) mass is 273 g/mol. The summed E-state index contributed by atoms with van der Waals surface area (Å²) in [6, 6.07) is -1.01. The quantitative estimate of drug-likeness (QED) is 0.558. The van der Waals surface area contributed by atoms with Gasteiger partial charge in [-0.3, -0.25) is 9.59 Å². The summed E-state index contributed by atoms with van der Waals surface area (Å²) >= 11 is 0. The number of rotatable bonds is 6. The highest BCUT2D eigenvalue weighted by Crippen LogP contribution is 2.22. The van der Waals surface area contributed by atoms with Gasteiger partial charge in [-0.1, -0.05) is 20.8 Å². The van der Waals surface area contributed by atoms with Gasteiger partial charge in [-0.15, -0.1) is 0 Å². The van der Waals surface area contributed by atoms with Gasteiger partial charge in [0.25, 0.3) is 0 Å². The van der Waals surface area contributed by atoms with Gasteiger partial charge >= 0.3 is 12.0 Å². The van der Waals surface area contributed by atoms with Crippen molar-refractivity contribution in [2.75, 3.05) is 13.6 Å². The van der Waals surface area contributed by atoms with E-state index in [4.69, 9.17) is 5.11 Å². The van der Waals surface area contributed by atoms with Crippen LogP contribution in [0.5, 0.6) is 0 Å². The molecule has 0 aliphatic rings. The lowest BCUT2D eigenvalue weighted by Crippen LogP contribution is -2.47. The van der Waals surface area contributed by atoms with Crippen LogP contribution in [0.2, 0.25) is 0 Å². The minimum atomic E-state index is -0.971. The van der Waals surface area contributed by atoms with Crippen LogP contribution >= 0.6 is 0 Å². The number of hydrogen-bond donors (Lipinski definition) is 4. The Balaban J connectivity index is 4.34. The third kappa shape index (κ3) is 9.87. The molecule has 0 spiro atoms. The van der Waals surface area contributed by atoms with Crippen molar-refractivity contribution in [1.82, 2.24) is 16.0 Å². The Morgan fingerprint density at radius 3 is 2.21 bits per heavy atom. The largest absolute Gasteiger partial charge is 0.481 e. The second kappa shape index (κ2) is 7.60. The molecule has 3 amide bonds. The summed E-state index contributed by atoms with van der Waals surface area (Å²) in [5.74, 6) is -1.29. The molecule has 7 nitrogen and oxygen atoms in total. The number of urea groups is 1. The number of carbonyl (C=O) groups excluding carboxylic acids is 2. The van der Waals surface area contributed by atoms with Crippen molar-refractivity contribution in [1.29, 1.82) is 0 Å². The maximum atomic E-state index is 11.5. The average Bonchev–Trinajstić information content (AvgIpc) is 2.22. The van der Waals surface area contributed by atoms with E-state index in [0.717, 1.165) is 0 Å². The molecule has 19 heavy (non-hydrogen) atoms. The number of carbonyl (C=O) groups is 3. The fourth-order valence-corrected chi connectivity index (χ4v) is 1.61. The van der Waals surface area contributed by atoms with Gasteiger partial charge in [-0.2, -0.15) is 0 Å². The zero-order valence-electron chi connectivity index (χ0n) is 11.9. The molecule has 0 saturated carbocycles. The van der Waals surface area contributed by atoms with Gasteiger partial charge in [0.15, 0.2) is 0 Å². The Hall–Kier alpha value is -1.79. The number of aliphatic carboxylic acids is 1. The van der Waals surface area contributed by atoms with E-state index in [0.29, 0.717) is 6.42 Å². The van der Waals surface area contributed by atoms with Gasteiger partial charge in [0.2, 0.25) is 5.91 Å².